The molecule has 0 heterocycles. The molecule has 0 aliphatic rings. The second kappa shape index (κ2) is 6.74. The molecule has 0 atom stereocenters. The van der Waals surface area contributed by atoms with Gasteiger partial charge in [-0.1, -0.05) is 48.5 Å². The minimum Gasteiger partial charge on any atom is -0.463 e. The van der Waals surface area contributed by atoms with Crippen LogP contribution in [0.5, 0.6) is 0 Å². The number of allylic oxidation sites excluding steroid dienone is 1. The fourth-order valence-electron chi connectivity index (χ4n) is 2.01. The van der Waals surface area contributed by atoms with Crippen LogP contribution in [0, 0.1) is 0 Å². The molecule has 2 aromatic carbocycles. The van der Waals surface area contributed by atoms with E-state index in [0.717, 1.165) is 12.8 Å². The molecule has 0 aliphatic heterocycles. The van der Waals surface area contributed by atoms with Gasteiger partial charge < -0.3 is 4.74 Å². The summed E-state index contributed by atoms with van der Waals surface area (Å²) in [7, 11) is 0. The Labute approximate surface area is 113 Å². The average Bonchev–Trinajstić information content (AvgIpc) is 2.44. The first kappa shape index (κ1) is 13.3. The van der Waals surface area contributed by atoms with Crippen LogP contribution in [0.3, 0.4) is 0 Å². The molecule has 0 radical (unpaired) electrons. The zero-order chi connectivity index (χ0) is 13.5. The number of carbonyl (C=O) groups excluding carboxylic acids is 1. The third-order valence-corrected chi connectivity index (χ3v) is 2.95. The van der Waals surface area contributed by atoms with E-state index in [9.17, 15) is 4.79 Å². The molecule has 0 N–H and O–H groups in total. The first-order chi connectivity index (χ1) is 9.29. The van der Waals surface area contributed by atoms with Crippen molar-refractivity contribution >= 4 is 16.7 Å². The third-order valence-electron chi connectivity index (χ3n) is 2.95. The van der Waals surface area contributed by atoms with Gasteiger partial charge >= 0.3 is 5.97 Å². The van der Waals surface area contributed by atoms with Gasteiger partial charge in [-0.05, 0) is 36.1 Å². The predicted octanol–water partition coefficient (Wildman–Crippen LogP) is 3.89. The van der Waals surface area contributed by atoms with E-state index >= 15 is 0 Å². The van der Waals surface area contributed by atoms with E-state index in [1.807, 2.05) is 18.2 Å². The lowest BCUT2D eigenvalue weighted by molar-refractivity contribution is -0.137. The Bertz CT molecular complexity index is 585. The van der Waals surface area contributed by atoms with E-state index in [4.69, 9.17) is 4.74 Å². The number of carbonyl (C=O) groups is 1. The summed E-state index contributed by atoms with van der Waals surface area (Å²) < 4.78 is 4.83. The van der Waals surface area contributed by atoms with E-state index in [1.54, 1.807) is 6.92 Å². The lowest BCUT2D eigenvalue weighted by Crippen LogP contribution is -1.98. The number of hydrogen-bond acceptors (Lipinski definition) is 2. The number of benzene rings is 2. The van der Waals surface area contributed by atoms with Crippen molar-refractivity contribution in [2.45, 2.75) is 19.8 Å². The molecule has 19 heavy (non-hydrogen) atoms. The van der Waals surface area contributed by atoms with Crippen LogP contribution in [-0.4, -0.2) is 12.6 Å². The fraction of sp³-hybridized carbons (Fsp3) is 0.235. The van der Waals surface area contributed by atoms with Crippen molar-refractivity contribution in [2.75, 3.05) is 6.61 Å². The third kappa shape index (κ3) is 3.95. The van der Waals surface area contributed by atoms with E-state index in [1.165, 1.54) is 22.4 Å². The zero-order valence-electron chi connectivity index (χ0n) is 11.1. The SMILES string of the molecule is CCOC(=O)/C=C/CCc1ccc2ccccc2c1. The van der Waals surface area contributed by atoms with Crippen molar-refractivity contribution in [3.8, 4) is 0 Å². The second-order valence-electron chi connectivity index (χ2n) is 4.37. The first-order valence-corrected chi connectivity index (χ1v) is 6.60. The molecule has 0 spiro atoms. The Hall–Kier alpha value is -2.09. The van der Waals surface area contributed by atoms with Gasteiger partial charge in [0.2, 0.25) is 0 Å². The summed E-state index contributed by atoms with van der Waals surface area (Å²) in [5.74, 6) is -0.263. The Kier molecular flexibility index (Phi) is 4.73. The molecular formula is C17H18O2. The molecule has 0 saturated carbocycles. The Morgan fingerprint density at radius 2 is 1.95 bits per heavy atom. The molecule has 2 nitrogen and oxygen atoms in total. The van der Waals surface area contributed by atoms with Crippen molar-refractivity contribution in [1.29, 1.82) is 0 Å². The molecule has 0 bridgehead atoms. The number of rotatable bonds is 5. The van der Waals surface area contributed by atoms with Crippen LogP contribution in [-0.2, 0) is 16.0 Å². The maximum absolute atomic E-state index is 11.1. The minimum absolute atomic E-state index is 0.263. The molecule has 2 aromatic rings. The van der Waals surface area contributed by atoms with Gasteiger partial charge in [-0.15, -0.1) is 0 Å². The summed E-state index contributed by atoms with van der Waals surface area (Å²) in [6.45, 7) is 2.23. The highest BCUT2D eigenvalue weighted by Crippen LogP contribution is 2.16. The molecular weight excluding hydrogens is 236 g/mol. The van der Waals surface area contributed by atoms with Gasteiger partial charge in [-0.25, -0.2) is 4.79 Å². The smallest absolute Gasteiger partial charge is 0.330 e. The largest absolute Gasteiger partial charge is 0.463 e. The number of aryl methyl sites for hydroxylation is 1. The summed E-state index contributed by atoms with van der Waals surface area (Å²) in [6.07, 6.45) is 5.15. The monoisotopic (exact) mass is 254 g/mol. The van der Waals surface area contributed by atoms with Crippen LogP contribution >= 0.6 is 0 Å². The zero-order valence-corrected chi connectivity index (χ0v) is 11.1. The number of hydrogen-bond donors (Lipinski definition) is 0. The van der Waals surface area contributed by atoms with Crippen molar-refractivity contribution in [3.05, 3.63) is 60.2 Å². The van der Waals surface area contributed by atoms with E-state index in [2.05, 4.69) is 30.3 Å². The highest BCUT2D eigenvalue weighted by Gasteiger charge is 1.96. The van der Waals surface area contributed by atoms with Gasteiger partial charge in [0.25, 0.3) is 0 Å². The van der Waals surface area contributed by atoms with Gasteiger partial charge in [0.1, 0.15) is 0 Å². The summed E-state index contributed by atoms with van der Waals surface area (Å²) in [6, 6.07) is 14.8. The Morgan fingerprint density at radius 3 is 2.74 bits per heavy atom. The molecule has 0 fully saturated rings. The number of fused-ring (bicyclic) bond motifs is 1. The maximum atomic E-state index is 11.1. The summed E-state index contributed by atoms with van der Waals surface area (Å²) in [5, 5.41) is 2.52. The highest BCUT2D eigenvalue weighted by molar-refractivity contribution is 5.83. The van der Waals surface area contributed by atoms with Crippen molar-refractivity contribution < 1.29 is 9.53 Å². The lowest BCUT2D eigenvalue weighted by atomic mass is 10.0. The van der Waals surface area contributed by atoms with Gasteiger partial charge in [-0.3, -0.25) is 0 Å². The molecule has 0 unspecified atom stereocenters. The van der Waals surface area contributed by atoms with Crippen LogP contribution in [0.25, 0.3) is 10.8 Å². The van der Waals surface area contributed by atoms with Crippen molar-refractivity contribution in [1.82, 2.24) is 0 Å². The lowest BCUT2D eigenvalue weighted by Gasteiger charge is -2.02. The predicted molar refractivity (Wildman–Crippen MR) is 78.0 cm³/mol. The van der Waals surface area contributed by atoms with E-state index < -0.39 is 0 Å². The molecule has 2 rings (SSSR count). The van der Waals surface area contributed by atoms with Gasteiger partial charge in [0.05, 0.1) is 6.61 Å². The van der Waals surface area contributed by atoms with Gasteiger partial charge in [-0.2, -0.15) is 0 Å². The van der Waals surface area contributed by atoms with Crippen molar-refractivity contribution in [3.63, 3.8) is 0 Å². The topological polar surface area (TPSA) is 26.3 Å². The van der Waals surface area contributed by atoms with Crippen LogP contribution < -0.4 is 0 Å². The fourth-order valence-corrected chi connectivity index (χ4v) is 2.01. The highest BCUT2D eigenvalue weighted by atomic mass is 16.5. The standard InChI is InChI=1S/C17H18O2/c1-2-19-17(18)10-6-3-7-14-11-12-15-8-4-5-9-16(15)13-14/h4-6,8-13H,2-3,7H2,1H3/b10-6+. The Morgan fingerprint density at radius 1 is 1.16 bits per heavy atom. The maximum Gasteiger partial charge on any atom is 0.330 e. The van der Waals surface area contributed by atoms with E-state index in [0.29, 0.717) is 6.61 Å². The molecule has 0 aromatic heterocycles. The molecule has 98 valence electrons. The number of esters is 1. The molecule has 0 saturated heterocycles. The summed E-state index contributed by atoms with van der Waals surface area (Å²) in [5.41, 5.74) is 1.28. The van der Waals surface area contributed by atoms with Crippen molar-refractivity contribution in [2.24, 2.45) is 0 Å². The van der Waals surface area contributed by atoms with Crippen LogP contribution in [0.2, 0.25) is 0 Å². The van der Waals surface area contributed by atoms with Gasteiger partial charge in [0.15, 0.2) is 0 Å². The van der Waals surface area contributed by atoms with E-state index in [-0.39, 0.29) is 5.97 Å². The normalized spacial score (nSPS) is 11.0. The molecule has 0 amide bonds. The number of ether oxygens (including phenoxy) is 1. The summed E-state index contributed by atoms with van der Waals surface area (Å²) in [4.78, 5) is 11.1. The minimum atomic E-state index is -0.263. The average molecular weight is 254 g/mol. The van der Waals surface area contributed by atoms with Crippen LogP contribution in [0.15, 0.2) is 54.6 Å². The van der Waals surface area contributed by atoms with Gasteiger partial charge in [0, 0.05) is 6.08 Å². The molecule has 0 aliphatic carbocycles. The summed E-state index contributed by atoms with van der Waals surface area (Å²) >= 11 is 0. The first-order valence-electron chi connectivity index (χ1n) is 6.60. The molecule has 2 heteroatoms. The van der Waals surface area contributed by atoms with Crippen LogP contribution in [0.4, 0.5) is 0 Å². The van der Waals surface area contributed by atoms with Crippen LogP contribution in [0.1, 0.15) is 18.9 Å². The quantitative estimate of drug-likeness (QED) is 0.597. The second-order valence-corrected chi connectivity index (χ2v) is 4.37. The Balaban J connectivity index is 1.93.